The Balaban J connectivity index is 3.23. The van der Waals surface area contributed by atoms with E-state index in [-0.39, 0.29) is 0 Å². The van der Waals surface area contributed by atoms with Crippen LogP contribution in [0.4, 0.5) is 0 Å². The van der Waals surface area contributed by atoms with Gasteiger partial charge in [0, 0.05) is 6.54 Å². The standard InChI is InChI=1S/C13H21N3/c1-4-6-10-9-13(3,15)8-7-11(14)12(10)16-5-2/h4,6-9,16H,5,14-15H2,1-3H3/b6-4-. The van der Waals surface area contributed by atoms with Gasteiger partial charge in [-0.2, -0.15) is 0 Å². The van der Waals surface area contributed by atoms with Crippen molar-refractivity contribution in [3.63, 3.8) is 0 Å². The molecule has 1 aliphatic rings. The Morgan fingerprint density at radius 3 is 2.75 bits per heavy atom. The minimum absolute atomic E-state index is 0.462. The Hall–Kier alpha value is -1.48. The number of hydrogen-bond donors (Lipinski definition) is 3. The average Bonchev–Trinajstić information content (AvgIpc) is 2.30. The van der Waals surface area contributed by atoms with Crippen LogP contribution >= 0.6 is 0 Å². The van der Waals surface area contributed by atoms with Crippen molar-refractivity contribution < 1.29 is 0 Å². The number of likely N-dealkylation sites (N-methyl/N-ethyl adjacent to an activating group) is 1. The summed E-state index contributed by atoms with van der Waals surface area (Å²) in [5.41, 5.74) is 14.4. The Kier molecular flexibility index (Phi) is 3.96. The number of nitrogens with two attached hydrogens (primary N) is 2. The first-order valence-electron chi connectivity index (χ1n) is 5.58. The highest BCUT2D eigenvalue weighted by molar-refractivity contribution is 5.49. The Labute approximate surface area is 97.6 Å². The van der Waals surface area contributed by atoms with Gasteiger partial charge in [0.1, 0.15) is 0 Å². The van der Waals surface area contributed by atoms with E-state index in [1.54, 1.807) is 0 Å². The first-order valence-corrected chi connectivity index (χ1v) is 5.58. The molecule has 1 rings (SSSR count). The molecule has 0 fully saturated rings. The summed E-state index contributed by atoms with van der Waals surface area (Å²) in [5.74, 6) is 0. The number of hydrogen-bond acceptors (Lipinski definition) is 3. The molecule has 0 bridgehead atoms. The van der Waals surface area contributed by atoms with Gasteiger partial charge in [-0.3, -0.25) is 0 Å². The molecule has 0 amide bonds. The van der Waals surface area contributed by atoms with Crippen LogP contribution in [0.15, 0.2) is 47.3 Å². The van der Waals surface area contributed by atoms with Gasteiger partial charge in [-0.25, -0.2) is 0 Å². The minimum atomic E-state index is -0.462. The highest BCUT2D eigenvalue weighted by Crippen LogP contribution is 2.21. The van der Waals surface area contributed by atoms with E-state index in [0.29, 0.717) is 0 Å². The molecule has 0 saturated carbocycles. The molecule has 3 heteroatoms. The van der Waals surface area contributed by atoms with E-state index in [9.17, 15) is 0 Å². The van der Waals surface area contributed by atoms with Gasteiger partial charge in [0.15, 0.2) is 0 Å². The summed E-state index contributed by atoms with van der Waals surface area (Å²) in [6, 6.07) is 0. The van der Waals surface area contributed by atoms with E-state index in [4.69, 9.17) is 11.5 Å². The fourth-order valence-electron chi connectivity index (χ4n) is 1.67. The van der Waals surface area contributed by atoms with Crippen LogP contribution in [0.25, 0.3) is 0 Å². The van der Waals surface area contributed by atoms with Crippen molar-refractivity contribution in [2.24, 2.45) is 11.5 Å². The quantitative estimate of drug-likeness (QED) is 0.675. The van der Waals surface area contributed by atoms with Crippen molar-refractivity contribution in [1.82, 2.24) is 5.32 Å². The summed E-state index contributed by atoms with van der Waals surface area (Å²) in [6.45, 7) is 6.81. The zero-order valence-corrected chi connectivity index (χ0v) is 10.2. The molecule has 0 spiro atoms. The molecule has 0 radical (unpaired) electrons. The van der Waals surface area contributed by atoms with Crippen molar-refractivity contribution in [2.75, 3.05) is 6.54 Å². The topological polar surface area (TPSA) is 64.1 Å². The van der Waals surface area contributed by atoms with Crippen LogP contribution in [0.3, 0.4) is 0 Å². The van der Waals surface area contributed by atoms with Gasteiger partial charge in [-0.1, -0.05) is 24.3 Å². The van der Waals surface area contributed by atoms with Crippen molar-refractivity contribution >= 4 is 0 Å². The third kappa shape index (κ3) is 3.00. The molecule has 16 heavy (non-hydrogen) atoms. The number of nitrogens with one attached hydrogen (secondary N) is 1. The Morgan fingerprint density at radius 2 is 2.19 bits per heavy atom. The van der Waals surface area contributed by atoms with E-state index < -0.39 is 5.54 Å². The summed E-state index contributed by atoms with van der Waals surface area (Å²) in [7, 11) is 0. The monoisotopic (exact) mass is 219 g/mol. The molecule has 1 aliphatic carbocycles. The molecule has 0 saturated heterocycles. The third-order valence-corrected chi connectivity index (χ3v) is 2.37. The Bertz CT molecular complexity index is 371. The van der Waals surface area contributed by atoms with Crippen LogP contribution in [-0.4, -0.2) is 12.1 Å². The summed E-state index contributed by atoms with van der Waals surface area (Å²) in [6.07, 6.45) is 9.79. The number of rotatable bonds is 3. The molecule has 1 atom stereocenters. The fraction of sp³-hybridized carbons (Fsp3) is 0.385. The summed E-state index contributed by atoms with van der Waals surface area (Å²) in [5, 5.41) is 3.28. The SMILES string of the molecule is C/C=C\C1=CC(C)(N)C=CC(N)=C1NCC. The van der Waals surface area contributed by atoms with E-state index in [0.717, 1.165) is 23.5 Å². The lowest BCUT2D eigenvalue weighted by Crippen LogP contribution is -2.31. The highest BCUT2D eigenvalue weighted by atomic mass is 14.9. The molecule has 0 aromatic heterocycles. The molecular formula is C13H21N3. The van der Waals surface area contributed by atoms with Gasteiger partial charge in [-0.05, 0) is 32.4 Å². The second kappa shape index (κ2) is 5.03. The van der Waals surface area contributed by atoms with E-state index in [1.165, 1.54) is 0 Å². The third-order valence-electron chi connectivity index (χ3n) is 2.37. The van der Waals surface area contributed by atoms with Crippen LogP contribution in [0.5, 0.6) is 0 Å². The lowest BCUT2D eigenvalue weighted by atomic mass is 10.00. The largest absolute Gasteiger partial charge is 0.397 e. The summed E-state index contributed by atoms with van der Waals surface area (Å²) >= 11 is 0. The molecule has 0 aliphatic heterocycles. The normalized spacial score (nSPS) is 25.9. The van der Waals surface area contributed by atoms with Gasteiger partial charge in [0.2, 0.25) is 0 Å². The Morgan fingerprint density at radius 1 is 1.50 bits per heavy atom. The lowest BCUT2D eigenvalue weighted by Gasteiger charge is -2.16. The van der Waals surface area contributed by atoms with Crippen molar-refractivity contribution in [3.8, 4) is 0 Å². The number of allylic oxidation sites excluding steroid dienone is 3. The maximum Gasteiger partial charge on any atom is 0.0644 e. The molecular weight excluding hydrogens is 198 g/mol. The maximum atomic E-state index is 6.11. The van der Waals surface area contributed by atoms with Gasteiger partial charge in [-0.15, -0.1) is 0 Å². The van der Waals surface area contributed by atoms with E-state index in [1.807, 2.05) is 51.2 Å². The molecule has 0 aromatic carbocycles. The van der Waals surface area contributed by atoms with Crippen LogP contribution < -0.4 is 16.8 Å². The van der Waals surface area contributed by atoms with Crippen molar-refractivity contribution in [1.29, 1.82) is 0 Å². The van der Waals surface area contributed by atoms with Gasteiger partial charge in [0.25, 0.3) is 0 Å². The first-order chi connectivity index (χ1) is 7.50. The fourth-order valence-corrected chi connectivity index (χ4v) is 1.67. The van der Waals surface area contributed by atoms with Gasteiger partial charge in [0.05, 0.1) is 16.9 Å². The second-order valence-corrected chi connectivity index (χ2v) is 4.16. The second-order valence-electron chi connectivity index (χ2n) is 4.16. The predicted molar refractivity (Wildman–Crippen MR) is 69.5 cm³/mol. The van der Waals surface area contributed by atoms with E-state index in [2.05, 4.69) is 5.32 Å². The first kappa shape index (κ1) is 12.6. The minimum Gasteiger partial charge on any atom is -0.397 e. The molecule has 0 aromatic rings. The van der Waals surface area contributed by atoms with Crippen LogP contribution in [-0.2, 0) is 0 Å². The average molecular weight is 219 g/mol. The molecule has 3 nitrogen and oxygen atoms in total. The van der Waals surface area contributed by atoms with Crippen molar-refractivity contribution in [2.45, 2.75) is 26.3 Å². The lowest BCUT2D eigenvalue weighted by molar-refractivity contribution is 0.731. The summed E-state index contributed by atoms with van der Waals surface area (Å²) < 4.78 is 0. The molecule has 88 valence electrons. The van der Waals surface area contributed by atoms with Crippen molar-refractivity contribution in [3.05, 3.63) is 47.3 Å². The van der Waals surface area contributed by atoms with Gasteiger partial charge < -0.3 is 16.8 Å². The maximum absolute atomic E-state index is 6.11. The molecule has 0 heterocycles. The zero-order valence-electron chi connectivity index (χ0n) is 10.2. The van der Waals surface area contributed by atoms with Crippen LogP contribution in [0, 0.1) is 0 Å². The summed E-state index contributed by atoms with van der Waals surface area (Å²) in [4.78, 5) is 0. The molecule has 5 N–H and O–H groups in total. The van der Waals surface area contributed by atoms with Gasteiger partial charge >= 0.3 is 0 Å². The predicted octanol–water partition coefficient (Wildman–Crippen LogP) is 1.56. The smallest absolute Gasteiger partial charge is 0.0644 e. The molecule has 1 unspecified atom stereocenters. The highest BCUT2D eigenvalue weighted by Gasteiger charge is 2.17. The zero-order chi connectivity index (χ0) is 12.2. The van der Waals surface area contributed by atoms with Crippen LogP contribution in [0.1, 0.15) is 20.8 Å². The van der Waals surface area contributed by atoms with E-state index >= 15 is 0 Å². The van der Waals surface area contributed by atoms with Crippen LogP contribution in [0.2, 0.25) is 0 Å².